The molecule has 0 saturated carbocycles. The van der Waals surface area contributed by atoms with E-state index in [4.69, 9.17) is 12.2 Å². The predicted octanol–water partition coefficient (Wildman–Crippen LogP) is 4.53. The van der Waals surface area contributed by atoms with Gasteiger partial charge in [0.05, 0.1) is 4.91 Å². The average Bonchev–Trinajstić information content (AvgIpc) is 3.20. The van der Waals surface area contributed by atoms with Crippen LogP contribution in [0, 0.1) is 0 Å². The van der Waals surface area contributed by atoms with Gasteiger partial charge in [-0.1, -0.05) is 52.0 Å². The number of amides is 2. The third kappa shape index (κ3) is 5.00. The Morgan fingerprint density at radius 3 is 2.81 bits per heavy atom. The van der Waals surface area contributed by atoms with Crippen molar-refractivity contribution in [3.8, 4) is 0 Å². The summed E-state index contributed by atoms with van der Waals surface area (Å²) in [5, 5.41) is 5.11. The molecule has 2 aromatic rings. The number of rotatable bonds is 6. The molecule has 1 aliphatic rings. The van der Waals surface area contributed by atoms with Crippen molar-refractivity contribution in [2.45, 2.75) is 12.8 Å². The third-order valence-corrected chi connectivity index (χ3v) is 6.10. The van der Waals surface area contributed by atoms with Gasteiger partial charge in [-0.05, 0) is 30.2 Å². The van der Waals surface area contributed by atoms with Crippen LogP contribution in [0.25, 0.3) is 6.08 Å². The van der Waals surface area contributed by atoms with Crippen LogP contribution in [0.15, 0.2) is 45.2 Å². The Hall–Kier alpha value is -1.55. The van der Waals surface area contributed by atoms with Crippen LogP contribution < -0.4 is 5.32 Å². The van der Waals surface area contributed by atoms with Crippen molar-refractivity contribution >= 4 is 78.6 Å². The number of nitrogens with one attached hydrogen (secondary N) is 1. The molecule has 26 heavy (non-hydrogen) atoms. The van der Waals surface area contributed by atoms with Crippen molar-refractivity contribution < 1.29 is 9.59 Å². The molecule has 3 rings (SSSR count). The van der Waals surface area contributed by atoms with Crippen LogP contribution in [-0.2, 0) is 9.59 Å². The standard InChI is InChI=1S/C17H14BrN3O2S3/c18-12-5-3-11(4-6-12)10-13-15(23)21(17(24)26-13)8-1-2-14(22)20-16-19-7-9-25-16/h3-7,9-10H,1-2,8H2,(H,19,20,22)/b13-10-. The molecule has 0 bridgehead atoms. The molecule has 1 aromatic heterocycles. The highest BCUT2D eigenvalue weighted by Crippen LogP contribution is 2.32. The number of halogens is 1. The van der Waals surface area contributed by atoms with Crippen LogP contribution in [0.1, 0.15) is 18.4 Å². The molecule has 2 amide bonds. The first kappa shape index (κ1) is 19.2. The van der Waals surface area contributed by atoms with Gasteiger partial charge in [-0.3, -0.25) is 14.5 Å². The fraction of sp³-hybridized carbons (Fsp3) is 0.176. The minimum Gasteiger partial charge on any atom is -0.302 e. The third-order valence-electron chi connectivity index (χ3n) is 3.51. The summed E-state index contributed by atoms with van der Waals surface area (Å²) >= 11 is 11.4. The van der Waals surface area contributed by atoms with E-state index in [1.54, 1.807) is 16.5 Å². The minimum atomic E-state index is -0.115. The molecule has 1 fully saturated rings. The number of benzene rings is 1. The highest BCUT2D eigenvalue weighted by molar-refractivity contribution is 9.10. The average molecular weight is 468 g/mol. The first-order valence-corrected chi connectivity index (χ1v) is 10.6. The molecule has 134 valence electrons. The van der Waals surface area contributed by atoms with Crippen LogP contribution in [0.2, 0.25) is 0 Å². The Kier molecular flexibility index (Phi) is 6.58. The van der Waals surface area contributed by atoms with E-state index in [9.17, 15) is 9.59 Å². The Morgan fingerprint density at radius 2 is 2.12 bits per heavy atom. The van der Waals surface area contributed by atoms with Gasteiger partial charge in [0.1, 0.15) is 4.32 Å². The fourth-order valence-corrected chi connectivity index (χ4v) is 4.39. The van der Waals surface area contributed by atoms with Crippen molar-refractivity contribution in [3.63, 3.8) is 0 Å². The largest absolute Gasteiger partial charge is 0.302 e. The van der Waals surface area contributed by atoms with Gasteiger partial charge in [0.15, 0.2) is 5.13 Å². The summed E-state index contributed by atoms with van der Waals surface area (Å²) in [7, 11) is 0. The van der Waals surface area contributed by atoms with Gasteiger partial charge in [-0.2, -0.15) is 0 Å². The van der Waals surface area contributed by atoms with E-state index in [2.05, 4.69) is 26.2 Å². The summed E-state index contributed by atoms with van der Waals surface area (Å²) in [6, 6.07) is 7.71. The van der Waals surface area contributed by atoms with E-state index in [-0.39, 0.29) is 11.8 Å². The van der Waals surface area contributed by atoms with E-state index < -0.39 is 0 Å². The lowest BCUT2D eigenvalue weighted by atomic mass is 10.2. The maximum atomic E-state index is 12.6. The molecule has 2 heterocycles. The Morgan fingerprint density at radius 1 is 1.35 bits per heavy atom. The van der Waals surface area contributed by atoms with E-state index in [0.29, 0.717) is 33.7 Å². The summed E-state index contributed by atoms with van der Waals surface area (Å²) in [4.78, 5) is 30.6. The molecular weight excluding hydrogens is 454 g/mol. The van der Waals surface area contributed by atoms with Crippen LogP contribution >= 0.6 is 51.2 Å². The van der Waals surface area contributed by atoms with E-state index in [1.165, 1.54) is 23.1 Å². The molecule has 0 atom stereocenters. The second-order valence-electron chi connectivity index (χ2n) is 5.37. The number of carbonyl (C=O) groups excluding carboxylic acids is 2. The summed E-state index contributed by atoms with van der Waals surface area (Å²) in [5.74, 6) is -0.223. The zero-order valence-electron chi connectivity index (χ0n) is 13.5. The number of anilines is 1. The lowest BCUT2D eigenvalue weighted by Gasteiger charge is -2.13. The highest BCUT2D eigenvalue weighted by Gasteiger charge is 2.31. The maximum absolute atomic E-state index is 12.6. The predicted molar refractivity (Wildman–Crippen MR) is 114 cm³/mol. The smallest absolute Gasteiger partial charge is 0.266 e. The van der Waals surface area contributed by atoms with Crippen LogP contribution in [0.5, 0.6) is 0 Å². The molecule has 1 saturated heterocycles. The van der Waals surface area contributed by atoms with Crippen LogP contribution in [0.4, 0.5) is 5.13 Å². The van der Waals surface area contributed by atoms with Gasteiger partial charge in [0.2, 0.25) is 5.91 Å². The maximum Gasteiger partial charge on any atom is 0.266 e. The summed E-state index contributed by atoms with van der Waals surface area (Å²) in [6.45, 7) is 0.424. The van der Waals surface area contributed by atoms with Gasteiger partial charge in [-0.15, -0.1) is 11.3 Å². The molecule has 1 N–H and O–H groups in total. The number of thioether (sulfide) groups is 1. The molecule has 1 aromatic carbocycles. The second kappa shape index (κ2) is 8.90. The number of thiocarbonyl (C=S) groups is 1. The zero-order chi connectivity index (χ0) is 18.5. The highest BCUT2D eigenvalue weighted by atomic mass is 79.9. The molecule has 0 aliphatic carbocycles. The zero-order valence-corrected chi connectivity index (χ0v) is 17.5. The SMILES string of the molecule is O=C(CCCN1C(=O)/C(=C/c2ccc(Br)cc2)SC1=S)Nc1nccs1. The minimum absolute atomic E-state index is 0.108. The fourth-order valence-electron chi connectivity index (χ4n) is 2.27. The van der Waals surface area contributed by atoms with Gasteiger partial charge >= 0.3 is 0 Å². The monoisotopic (exact) mass is 467 g/mol. The van der Waals surface area contributed by atoms with Gasteiger partial charge in [-0.25, -0.2) is 4.98 Å². The lowest BCUT2D eigenvalue weighted by molar-refractivity contribution is -0.122. The van der Waals surface area contributed by atoms with Crippen molar-refractivity contribution in [3.05, 3.63) is 50.8 Å². The molecule has 0 unspecified atom stereocenters. The lowest BCUT2D eigenvalue weighted by Crippen LogP contribution is -2.29. The van der Waals surface area contributed by atoms with Crippen LogP contribution in [0.3, 0.4) is 0 Å². The van der Waals surface area contributed by atoms with Crippen LogP contribution in [-0.4, -0.2) is 32.6 Å². The quantitative estimate of drug-likeness (QED) is 0.499. The Balaban J connectivity index is 1.54. The topological polar surface area (TPSA) is 62.3 Å². The number of hydrogen-bond donors (Lipinski definition) is 1. The number of thiazole rings is 1. The van der Waals surface area contributed by atoms with Gasteiger partial charge in [0.25, 0.3) is 5.91 Å². The summed E-state index contributed by atoms with van der Waals surface area (Å²) < 4.78 is 1.51. The number of nitrogens with zero attached hydrogens (tertiary/aromatic N) is 2. The van der Waals surface area contributed by atoms with E-state index >= 15 is 0 Å². The van der Waals surface area contributed by atoms with Crippen molar-refractivity contribution in [1.82, 2.24) is 9.88 Å². The van der Waals surface area contributed by atoms with Crippen molar-refractivity contribution in [2.75, 3.05) is 11.9 Å². The first-order chi connectivity index (χ1) is 12.5. The Labute approximate surface area is 173 Å². The summed E-state index contributed by atoms with van der Waals surface area (Å²) in [5.41, 5.74) is 0.941. The summed E-state index contributed by atoms with van der Waals surface area (Å²) in [6.07, 6.45) is 4.32. The Bertz CT molecular complexity index is 851. The number of carbonyl (C=O) groups is 2. The first-order valence-electron chi connectivity index (χ1n) is 7.73. The van der Waals surface area contributed by atoms with Crippen molar-refractivity contribution in [2.24, 2.45) is 0 Å². The van der Waals surface area contributed by atoms with Gasteiger partial charge in [0, 0.05) is 29.0 Å². The molecule has 5 nitrogen and oxygen atoms in total. The molecule has 0 spiro atoms. The molecular formula is C17H14BrN3O2S3. The molecule has 0 radical (unpaired) electrons. The van der Waals surface area contributed by atoms with Crippen molar-refractivity contribution in [1.29, 1.82) is 0 Å². The second-order valence-corrected chi connectivity index (χ2v) is 8.86. The van der Waals surface area contributed by atoms with E-state index in [1.807, 2.05) is 30.3 Å². The van der Waals surface area contributed by atoms with E-state index in [0.717, 1.165) is 10.0 Å². The normalized spacial score (nSPS) is 15.7. The molecule has 9 heteroatoms. The molecule has 1 aliphatic heterocycles. The van der Waals surface area contributed by atoms with Gasteiger partial charge < -0.3 is 5.32 Å². The number of hydrogen-bond acceptors (Lipinski definition) is 6. The number of aromatic nitrogens is 1.